The van der Waals surface area contributed by atoms with Crippen molar-refractivity contribution in [3.05, 3.63) is 16.1 Å². The number of carbonyl (C=O) groups is 1. The van der Waals surface area contributed by atoms with E-state index in [0.29, 0.717) is 18.8 Å². The van der Waals surface area contributed by atoms with Gasteiger partial charge in [-0.1, -0.05) is 0 Å². The van der Waals surface area contributed by atoms with Crippen molar-refractivity contribution in [3.8, 4) is 0 Å². The van der Waals surface area contributed by atoms with Crippen molar-refractivity contribution in [2.75, 3.05) is 26.4 Å². The molecule has 1 rings (SSSR count). The van der Waals surface area contributed by atoms with E-state index in [4.69, 9.17) is 5.73 Å². The molecule has 7 heteroatoms. The SMILES string of the molecule is CN(C)C(=NC=O)c1nc(CSCCN)cs1. The quantitative estimate of drug-likeness (QED) is 0.359. The fourth-order valence-corrected chi connectivity index (χ4v) is 2.82. The second kappa shape index (κ2) is 7.41. The first kappa shape index (κ1) is 14.1. The third kappa shape index (κ3) is 4.45. The van der Waals surface area contributed by atoms with Crippen LogP contribution in [0.2, 0.25) is 0 Å². The van der Waals surface area contributed by atoms with Gasteiger partial charge in [-0.15, -0.1) is 11.3 Å². The van der Waals surface area contributed by atoms with Gasteiger partial charge in [-0.2, -0.15) is 16.8 Å². The summed E-state index contributed by atoms with van der Waals surface area (Å²) in [7, 11) is 3.68. The first-order valence-electron chi connectivity index (χ1n) is 5.10. The Hall–Kier alpha value is -0.920. The lowest BCUT2D eigenvalue weighted by Crippen LogP contribution is -2.23. The van der Waals surface area contributed by atoms with E-state index in [-0.39, 0.29) is 0 Å². The Morgan fingerprint density at radius 2 is 2.47 bits per heavy atom. The van der Waals surface area contributed by atoms with Gasteiger partial charge in [0, 0.05) is 37.5 Å². The fourth-order valence-electron chi connectivity index (χ4n) is 1.15. The molecule has 0 aliphatic carbocycles. The smallest absolute Gasteiger partial charge is 0.234 e. The van der Waals surface area contributed by atoms with Crippen molar-refractivity contribution in [2.24, 2.45) is 10.7 Å². The molecule has 1 amide bonds. The highest BCUT2D eigenvalue weighted by molar-refractivity contribution is 7.98. The summed E-state index contributed by atoms with van der Waals surface area (Å²) >= 11 is 3.25. The summed E-state index contributed by atoms with van der Waals surface area (Å²) in [5.41, 5.74) is 6.43. The van der Waals surface area contributed by atoms with Crippen LogP contribution in [0.1, 0.15) is 10.7 Å². The molecule has 0 aliphatic rings. The van der Waals surface area contributed by atoms with Crippen LogP contribution in [-0.2, 0) is 10.5 Å². The topological polar surface area (TPSA) is 71.6 Å². The number of thiazole rings is 1. The van der Waals surface area contributed by atoms with Crippen LogP contribution in [0.5, 0.6) is 0 Å². The molecule has 0 radical (unpaired) electrons. The zero-order valence-electron chi connectivity index (χ0n) is 9.92. The molecule has 1 aromatic heterocycles. The van der Waals surface area contributed by atoms with E-state index in [1.54, 1.807) is 16.7 Å². The number of hydrogen-bond acceptors (Lipinski definition) is 5. The summed E-state index contributed by atoms with van der Waals surface area (Å²) in [5.74, 6) is 2.37. The van der Waals surface area contributed by atoms with Crippen molar-refractivity contribution in [3.63, 3.8) is 0 Å². The Kier molecular flexibility index (Phi) is 6.17. The van der Waals surface area contributed by atoms with Gasteiger partial charge in [0.05, 0.1) is 5.69 Å². The Labute approximate surface area is 109 Å². The summed E-state index contributed by atoms with van der Waals surface area (Å²) < 4.78 is 0. The molecule has 17 heavy (non-hydrogen) atoms. The second-order valence-electron chi connectivity index (χ2n) is 3.44. The zero-order valence-corrected chi connectivity index (χ0v) is 11.6. The minimum absolute atomic E-state index is 0.541. The Bertz CT molecular complexity index is 389. The number of amides is 1. The first-order chi connectivity index (χ1) is 8.19. The van der Waals surface area contributed by atoms with Gasteiger partial charge >= 0.3 is 0 Å². The number of carbonyl (C=O) groups excluding carboxylic acids is 1. The largest absolute Gasteiger partial charge is 0.360 e. The van der Waals surface area contributed by atoms with Crippen LogP contribution in [0.3, 0.4) is 0 Å². The van der Waals surface area contributed by atoms with Gasteiger partial charge in [0.25, 0.3) is 0 Å². The molecule has 0 bridgehead atoms. The van der Waals surface area contributed by atoms with Crippen LogP contribution in [0.4, 0.5) is 0 Å². The molecule has 0 saturated carbocycles. The molecule has 0 fully saturated rings. The van der Waals surface area contributed by atoms with E-state index in [1.165, 1.54) is 11.3 Å². The van der Waals surface area contributed by atoms with Crippen molar-refractivity contribution in [1.29, 1.82) is 0 Å². The van der Waals surface area contributed by atoms with Gasteiger partial charge in [0.2, 0.25) is 6.41 Å². The van der Waals surface area contributed by atoms with Crippen LogP contribution in [0, 0.1) is 0 Å². The first-order valence-corrected chi connectivity index (χ1v) is 7.13. The van der Waals surface area contributed by atoms with E-state index in [2.05, 4.69) is 9.98 Å². The Morgan fingerprint density at radius 3 is 3.06 bits per heavy atom. The van der Waals surface area contributed by atoms with Crippen molar-refractivity contribution in [1.82, 2.24) is 9.88 Å². The number of aromatic nitrogens is 1. The molecular weight excluding hydrogens is 256 g/mol. The maximum atomic E-state index is 10.5. The van der Waals surface area contributed by atoms with Gasteiger partial charge in [-0.25, -0.2) is 4.98 Å². The van der Waals surface area contributed by atoms with Gasteiger partial charge in [-0.3, -0.25) is 4.79 Å². The number of nitrogens with zero attached hydrogens (tertiary/aromatic N) is 3. The predicted octanol–water partition coefficient (Wildman–Crippen LogP) is 0.800. The van der Waals surface area contributed by atoms with Gasteiger partial charge in [-0.05, 0) is 0 Å². The van der Waals surface area contributed by atoms with E-state index >= 15 is 0 Å². The molecule has 0 unspecified atom stereocenters. The van der Waals surface area contributed by atoms with Crippen LogP contribution in [0.25, 0.3) is 0 Å². The maximum Gasteiger partial charge on any atom is 0.234 e. The maximum absolute atomic E-state index is 10.5. The monoisotopic (exact) mass is 272 g/mol. The average Bonchev–Trinajstić information content (AvgIpc) is 2.74. The Balaban J connectivity index is 2.71. The highest BCUT2D eigenvalue weighted by atomic mass is 32.2. The van der Waals surface area contributed by atoms with E-state index in [0.717, 1.165) is 22.2 Å². The van der Waals surface area contributed by atoms with Crippen molar-refractivity contribution in [2.45, 2.75) is 5.75 Å². The van der Waals surface area contributed by atoms with E-state index in [9.17, 15) is 4.79 Å². The van der Waals surface area contributed by atoms with E-state index in [1.807, 2.05) is 19.5 Å². The molecule has 0 spiro atoms. The molecule has 1 aromatic rings. The van der Waals surface area contributed by atoms with Crippen LogP contribution in [-0.4, -0.2) is 48.5 Å². The minimum atomic E-state index is 0.541. The predicted molar refractivity (Wildman–Crippen MR) is 73.6 cm³/mol. The fraction of sp³-hybridized carbons (Fsp3) is 0.500. The summed E-state index contributed by atoms with van der Waals surface area (Å²) in [5, 5.41) is 2.76. The third-order valence-electron chi connectivity index (χ3n) is 1.85. The highest BCUT2D eigenvalue weighted by Crippen LogP contribution is 2.16. The summed E-state index contributed by atoms with van der Waals surface area (Å²) in [4.78, 5) is 20.5. The molecule has 5 nitrogen and oxygen atoms in total. The number of amidine groups is 1. The Morgan fingerprint density at radius 1 is 1.71 bits per heavy atom. The van der Waals surface area contributed by atoms with Crippen LogP contribution in [0.15, 0.2) is 10.4 Å². The highest BCUT2D eigenvalue weighted by Gasteiger charge is 2.11. The van der Waals surface area contributed by atoms with Gasteiger partial charge in [0.1, 0.15) is 0 Å². The molecule has 1 heterocycles. The molecule has 94 valence electrons. The van der Waals surface area contributed by atoms with Crippen molar-refractivity contribution >= 4 is 35.3 Å². The molecule has 0 saturated heterocycles. The molecule has 0 aliphatic heterocycles. The lowest BCUT2D eigenvalue weighted by Gasteiger charge is -2.11. The normalized spacial score (nSPS) is 11.6. The summed E-state index contributed by atoms with van der Waals surface area (Å²) in [6, 6.07) is 0. The molecule has 0 aromatic carbocycles. The van der Waals surface area contributed by atoms with E-state index < -0.39 is 0 Å². The number of rotatable bonds is 6. The average molecular weight is 272 g/mol. The summed E-state index contributed by atoms with van der Waals surface area (Å²) in [6.07, 6.45) is 0.541. The van der Waals surface area contributed by atoms with Crippen LogP contribution >= 0.6 is 23.1 Å². The number of nitrogens with two attached hydrogens (primary N) is 1. The number of aliphatic imine (C=N–C) groups is 1. The minimum Gasteiger partial charge on any atom is -0.360 e. The van der Waals surface area contributed by atoms with Crippen LogP contribution < -0.4 is 5.73 Å². The molecule has 0 atom stereocenters. The zero-order chi connectivity index (χ0) is 12.7. The third-order valence-corrected chi connectivity index (χ3v) is 3.77. The van der Waals surface area contributed by atoms with Crippen molar-refractivity contribution < 1.29 is 4.79 Å². The summed E-state index contributed by atoms with van der Waals surface area (Å²) in [6.45, 7) is 0.678. The molecular formula is C10H16N4OS2. The van der Waals surface area contributed by atoms with Gasteiger partial charge in [0.15, 0.2) is 10.8 Å². The molecule has 2 N–H and O–H groups in total. The lowest BCUT2D eigenvalue weighted by atomic mass is 10.5. The lowest BCUT2D eigenvalue weighted by molar-refractivity contribution is -0.106. The second-order valence-corrected chi connectivity index (χ2v) is 5.40. The van der Waals surface area contributed by atoms with Gasteiger partial charge < -0.3 is 10.6 Å². The standard InChI is InChI=1S/C10H16N4OS2/c1-14(2)9(12-7-15)10-13-8(6-17-10)5-16-4-3-11/h6-7H,3-5,11H2,1-2H3. The number of hydrogen-bond donors (Lipinski definition) is 1. The number of thioether (sulfide) groups is 1.